The Labute approximate surface area is 141 Å². The summed E-state index contributed by atoms with van der Waals surface area (Å²) >= 11 is 0. The number of anilines is 1. The first-order chi connectivity index (χ1) is 11.6. The van der Waals surface area contributed by atoms with Crippen molar-refractivity contribution in [3.8, 4) is 0 Å². The normalized spacial score (nSPS) is 10.8. The molecule has 0 saturated heterocycles. The standard InChI is InChI=1S/C19H22N4O/c1-4-22(3)17-9-7-15(8-10-17)19(24)20-12-16-13-23-11-5-6-14(2)18(23)21-16/h5-11,13H,4,12H2,1-3H3,(H,20,24). The fourth-order valence-corrected chi connectivity index (χ4v) is 2.61. The number of carbonyl (C=O) groups is 1. The number of nitrogens with one attached hydrogen (secondary N) is 1. The Morgan fingerprint density at radius 3 is 2.67 bits per heavy atom. The van der Waals surface area contributed by atoms with Gasteiger partial charge >= 0.3 is 0 Å². The molecule has 3 rings (SSSR count). The molecule has 124 valence electrons. The van der Waals surface area contributed by atoms with Crippen LogP contribution in [-0.4, -0.2) is 28.9 Å². The maximum atomic E-state index is 12.3. The molecule has 1 N–H and O–H groups in total. The van der Waals surface area contributed by atoms with Gasteiger partial charge in [0.1, 0.15) is 5.65 Å². The van der Waals surface area contributed by atoms with Gasteiger partial charge in [-0.25, -0.2) is 4.98 Å². The lowest BCUT2D eigenvalue weighted by Crippen LogP contribution is -2.23. The number of hydrogen-bond donors (Lipinski definition) is 1. The van der Waals surface area contributed by atoms with E-state index < -0.39 is 0 Å². The molecule has 24 heavy (non-hydrogen) atoms. The van der Waals surface area contributed by atoms with E-state index in [2.05, 4.69) is 22.1 Å². The van der Waals surface area contributed by atoms with Gasteiger partial charge in [-0.1, -0.05) is 6.07 Å². The van der Waals surface area contributed by atoms with Gasteiger partial charge in [-0.3, -0.25) is 4.79 Å². The number of hydrogen-bond acceptors (Lipinski definition) is 3. The Bertz CT molecular complexity index is 851. The van der Waals surface area contributed by atoms with E-state index in [-0.39, 0.29) is 5.91 Å². The molecule has 2 aromatic heterocycles. The van der Waals surface area contributed by atoms with Crippen LogP contribution >= 0.6 is 0 Å². The monoisotopic (exact) mass is 322 g/mol. The lowest BCUT2D eigenvalue weighted by atomic mass is 10.2. The quantitative estimate of drug-likeness (QED) is 0.785. The lowest BCUT2D eigenvalue weighted by Gasteiger charge is -2.16. The summed E-state index contributed by atoms with van der Waals surface area (Å²) in [4.78, 5) is 19.0. The minimum Gasteiger partial charge on any atom is -0.375 e. The fraction of sp³-hybridized carbons (Fsp3) is 0.263. The van der Waals surface area contributed by atoms with Gasteiger partial charge in [-0.15, -0.1) is 0 Å². The molecule has 0 aliphatic rings. The van der Waals surface area contributed by atoms with Gasteiger partial charge < -0.3 is 14.6 Å². The van der Waals surface area contributed by atoms with Crippen LogP contribution in [0.25, 0.3) is 5.65 Å². The molecule has 1 amide bonds. The summed E-state index contributed by atoms with van der Waals surface area (Å²) < 4.78 is 1.98. The van der Waals surface area contributed by atoms with Crippen molar-refractivity contribution in [3.05, 3.63) is 65.6 Å². The van der Waals surface area contributed by atoms with Gasteiger partial charge in [0.15, 0.2) is 0 Å². The van der Waals surface area contributed by atoms with Gasteiger partial charge in [0, 0.05) is 37.2 Å². The molecule has 3 aromatic rings. The SMILES string of the molecule is CCN(C)c1ccc(C(=O)NCc2cn3cccc(C)c3n2)cc1. The van der Waals surface area contributed by atoms with Crippen molar-refractivity contribution in [2.75, 3.05) is 18.5 Å². The molecule has 2 heterocycles. The lowest BCUT2D eigenvalue weighted by molar-refractivity contribution is 0.0950. The number of rotatable bonds is 5. The van der Waals surface area contributed by atoms with Crippen molar-refractivity contribution >= 4 is 17.2 Å². The highest BCUT2D eigenvalue weighted by atomic mass is 16.1. The Kier molecular flexibility index (Phi) is 4.51. The maximum Gasteiger partial charge on any atom is 0.251 e. The molecule has 1 aromatic carbocycles. The van der Waals surface area contributed by atoms with Crippen LogP contribution in [0.2, 0.25) is 0 Å². The van der Waals surface area contributed by atoms with Gasteiger partial charge in [0.05, 0.1) is 12.2 Å². The number of aromatic nitrogens is 2. The second-order valence-corrected chi connectivity index (χ2v) is 5.90. The predicted molar refractivity (Wildman–Crippen MR) is 96.5 cm³/mol. The predicted octanol–water partition coefficient (Wildman–Crippen LogP) is 3.03. The fourth-order valence-electron chi connectivity index (χ4n) is 2.61. The number of amides is 1. The number of nitrogens with zero attached hydrogens (tertiary/aromatic N) is 3. The molecule has 0 aliphatic carbocycles. The van der Waals surface area contributed by atoms with Crippen LogP contribution in [0, 0.1) is 6.92 Å². The number of fused-ring (bicyclic) bond motifs is 1. The summed E-state index contributed by atoms with van der Waals surface area (Å²) in [6, 6.07) is 11.6. The van der Waals surface area contributed by atoms with Crippen LogP contribution in [0.3, 0.4) is 0 Å². The van der Waals surface area contributed by atoms with E-state index >= 15 is 0 Å². The molecule has 0 unspecified atom stereocenters. The first-order valence-electron chi connectivity index (χ1n) is 8.11. The Morgan fingerprint density at radius 1 is 1.25 bits per heavy atom. The van der Waals surface area contributed by atoms with Crippen molar-refractivity contribution in [3.63, 3.8) is 0 Å². The van der Waals surface area contributed by atoms with Gasteiger partial charge in [-0.05, 0) is 49.7 Å². The van der Waals surface area contributed by atoms with E-state index in [9.17, 15) is 4.79 Å². The number of carbonyl (C=O) groups excluding carboxylic acids is 1. The van der Waals surface area contributed by atoms with Crippen LogP contribution in [-0.2, 0) is 6.54 Å². The third-order valence-electron chi connectivity index (χ3n) is 4.20. The first kappa shape index (κ1) is 16.1. The van der Waals surface area contributed by atoms with E-state index in [0.717, 1.165) is 29.1 Å². The van der Waals surface area contributed by atoms with Gasteiger partial charge in [-0.2, -0.15) is 0 Å². The maximum absolute atomic E-state index is 12.3. The van der Waals surface area contributed by atoms with Crippen molar-refractivity contribution in [2.24, 2.45) is 0 Å². The molecule has 0 radical (unpaired) electrons. The Hall–Kier alpha value is -2.82. The molecule has 0 bridgehead atoms. The largest absolute Gasteiger partial charge is 0.375 e. The first-order valence-corrected chi connectivity index (χ1v) is 8.11. The molecule has 0 fully saturated rings. The van der Waals surface area contributed by atoms with E-state index in [1.54, 1.807) is 0 Å². The zero-order valence-corrected chi connectivity index (χ0v) is 14.3. The number of aryl methyl sites for hydroxylation is 1. The molecule has 0 saturated carbocycles. The summed E-state index contributed by atoms with van der Waals surface area (Å²) in [7, 11) is 2.03. The van der Waals surface area contributed by atoms with Crippen LogP contribution in [0.5, 0.6) is 0 Å². The molecule has 0 aliphatic heterocycles. The third-order valence-corrected chi connectivity index (χ3v) is 4.20. The number of benzene rings is 1. The highest BCUT2D eigenvalue weighted by Gasteiger charge is 2.08. The topological polar surface area (TPSA) is 49.6 Å². The van der Waals surface area contributed by atoms with E-state index in [0.29, 0.717) is 12.1 Å². The highest BCUT2D eigenvalue weighted by Crippen LogP contribution is 2.14. The molecule has 0 atom stereocenters. The summed E-state index contributed by atoms with van der Waals surface area (Å²) in [5.41, 5.74) is 4.65. The third kappa shape index (κ3) is 3.25. The highest BCUT2D eigenvalue weighted by molar-refractivity contribution is 5.94. The van der Waals surface area contributed by atoms with E-state index in [1.807, 2.05) is 67.2 Å². The molecular weight excluding hydrogens is 300 g/mol. The number of pyridine rings is 1. The smallest absolute Gasteiger partial charge is 0.251 e. The van der Waals surface area contributed by atoms with Crippen molar-refractivity contribution < 1.29 is 4.79 Å². The van der Waals surface area contributed by atoms with Crippen LogP contribution in [0.4, 0.5) is 5.69 Å². The summed E-state index contributed by atoms with van der Waals surface area (Å²) in [6.45, 7) is 5.46. The second-order valence-electron chi connectivity index (χ2n) is 5.90. The number of imidazole rings is 1. The average Bonchev–Trinajstić information content (AvgIpc) is 3.03. The Balaban J connectivity index is 1.67. The van der Waals surface area contributed by atoms with E-state index in [1.165, 1.54) is 0 Å². The molecule has 0 spiro atoms. The van der Waals surface area contributed by atoms with Crippen LogP contribution < -0.4 is 10.2 Å². The van der Waals surface area contributed by atoms with Crippen molar-refractivity contribution in [1.82, 2.24) is 14.7 Å². The summed E-state index contributed by atoms with van der Waals surface area (Å²) in [6.07, 6.45) is 3.91. The summed E-state index contributed by atoms with van der Waals surface area (Å²) in [5.74, 6) is -0.0884. The minimum atomic E-state index is -0.0884. The molecule has 5 heteroatoms. The summed E-state index contributed by atoms with van der Waals surface area (Å²) in [5, 5.41) is 2.93. The van der Waals surface area contributed by atoms with Gasteiger partial charge in [0.2, 0.25) is 0 Å². The van der Waals surface area contributed by atoms with Gasteiger partial charge in [0.25, 0.3) is 5.91 Å². The zero-order chi connectivity index (χ0) is 17.1. The minimum absolute atomic E-state index is 0.0884. The van der Waals surface area contributed by atoms with Crippen LogP contribution in [0.1, 0.15) is 28.5 Å². The average molecular weight is 322 g/mol. The Morgan fingerprint density at radius 2 is 2.00 bits per heavy atom. The van der Waals surface area contributed by atoms with Crippen molar-refractivity contribution in [1.29, 1.82) is 0 Å². The second kappa shape index (κ2) is 6.74. The van der Waals surface area contributed by atoms with E-state index in [4.69, 9.17) is 0 Å². The molecule has 5 nitrogen and oxygen atoms in total. The van der Waals surface area contributed by atoms with Crippen LogP contribution in [0.15, 0.2) is 48.8 Å². The zero-order valence-electron chi connectivity index (χ0n) is 14.3. The molecular formula is C19H22N4O. The van der Waals surface area contributed by atoms with Crippen molar-refractivity contribution in [2.45, 2.75) is 20.4 Å².